The number of ketones is 1. The zero-order valence-corrected chi connectivity index (χ0v) is 13.4. The van der Waals surface area contributed by atoms with Crippen molar-refractivity contribution >= 4 is 23.2 Å². The molecule has 24 heavy (non-hydrogen) atoms. The van der Waals surface area contributed by atoms with E-state index in [0.29, 0.717) is 18.8 Å². The second-order valence-corrected chi connectivity index (χ2v) is 6.38. The third-order valence-corrected chi connectivity index (χ3v) is 4.80. The lowest BCUT2D eigenvalue weighted by Crippen LogP contribution is -2.55. The van der Waals surface area contributed by atoms with Crippen LogP contribution in [0.4, 0.5) is 0 Å². The minimum atomic E-state index is -0.709. The minimum absolute atomic E-state index is 0.109. The molecule has 0 bridgehead atoms. The molecule has 2 fully saturated rings. The second kappa shape index (κ2) is 5.43. The van der Waals surface area contributed by atoms with Crippen molar-refractivity contribution in [1.29, 1.82) is 0 Å². The molecule has 1 unspecified atom stereocenters. The van der Waals surface area contributed by atoms with Crippen LogP contribution in [-0.2, 0) is 14.4 Å². The first-order chi connectivity index (χ1) is 11.6. The van der Waals surface area contributed by atoms with Gasteiger partial charge in [-0.3, -0.25) is 14.4 Å². The molecule has 1 N–H and O–H groups in total. The number of fused-ring (bicyclic) bond motifs is 1. The van der Waals surface area contributed by atoms with E-state index in [0.717, 1.165) is 11.3 Å². The summed E-state index contributed by atoms with van der Waals surface area (Å²) in [6.45, 7) is 2.72. The quantitative estimate of drug-likeness (QED) is 0.877. The maximum atomic E-state index is 12.8. The SMILES string of the molecule is Cc1nc2ccccn2c1C1C(=O)NCCN1C(=O)C1CC(=O)C1. The van der Waals surface area contributed by atoms with Crippen molar-refractivity contribution < 1.29 is 14.4 Å². The lowest BCUT2D eigenvalue weighted by atomic mass is 9.82. The van der Waals surface area contributed by atoms with Crippen molar-refractivity contribution in [3.8, 4) is 0 Å². The number of rotatable bonds is 2. The predicted molar refractivity (Wildman–Crippen MR) is 85.1 cm³/mol. The van der Waals surface area contributed by atoms with Crippen LogP contribution in [0.5, 0.6) is 0 Å². The maximum Gasteiger partial charge on any atom is 0.249 e. The van der Waals surface area contributed by atoms with Crippen LogP contribution in [0.15, 0.2) is 24.4 Å². The Morgan fingerprint density at radius 2 is 2.08 bits per heavy atom. The van der Waals surface area contributed by atoms with Gasteiger partial charge >= 0.3 is 0 Å². The molecular weight excluding hydrogens is 308 g/mol. The Balaban J connectivity index is 1.76. The van der Waals surface area contributed by atoms with Gasteiger partial charge in [0.15, 0.2) is 6.04 Å². The molecule has 3 heterocycles. The lowest BCUT2D eigenvalue weighted by Gasteiger charge is -2.38. The fraction of sp³-hybridized carbons (Fsp3) is 0.412. The molecular formula is C17H18N4O3. The molecule has 1 atom stereocenters. The predicted octanol–water partition coefficient (Wildman–Crippen LogP) is 0.621. The second-order valence-electron chi connectivity index (χ2n) is 6.38. The highest BCUT2D eigenvalue weighted by molar-refractivity contribution is 5.98. The Labute approximate surface area is 138 Å². The normalized spacial score (nSPS) is 21.7. The van der Waals surface area contributed by atoms with E-state index in [1.165, 1.54) is 0 Å². The average Bonchev–Trinajstić information content (AvgIpc) is 2.87. The van der Waals surface area contributed by atoms with E-state index >= 15 is 0 Å². The summed E-state index contributed by atoms with van der Waals surface area (Å²) in [4.78, 5) is 42.7. The number of aryl methyl sites for hydroxylation is 1. The Bertz CT molecular complexity index is 849. The van der Waals surface area contributed by atoms with E-state index in [4.69, 9.17) is 0 Å². The molecule has 0 spiro atoms. The van der Waals surface area contributed by atoms with Crippen LogP contribution < -0.4 is 5.32 Å². The van der Waals surface area contributed by atoms with Crippen LogP contribution in [0, 0.1) is 12.8 Å². The number of pyridine rings is 1. The number of Topliss-reactive ketones (excluding diaryl/α,β-unsaturated/α-hetero) is 1. The van der Waals surface area contributed by atoms with Gasteiger partial charge in [0.2, 0.25) is 11.8 Å². The summed E-state index contributed by atoms with van der Waals surface area (Å²) in [5.74, 6) is -0.489. The average molecular weight is 326 g/mol. The first kappa shape index (κ1) is 14.9. The summed E-state index contributed by atoms with van der Waals surface area (Å²) in [7, 11) is 0. The molecule has 1 aliphatic heterocycles. The first-order valence-electron chi connectivity index (χ1n) is 8.09. The number of amides is 2. The highest BCUT2D eigenvalue weighted by atomic mass is 16.2. The summed E-state index contributed by atoms with van der Waals surface area (Å²) >= 11 is 0. The Morgan fingerprint density at radius 1 is 1.29 bits per heavy atom. The topological polar surface area (TPSA) is 83.8 Å². The van der Waals surface area contributed by atoms with Gasteiger partial charge in [-0.1, -0.05) is 6.07 Å². The first-order valence-corrected chi connectivity index (χ1v) is 8.09. The molecule has 1 saturated heterocycles. The van der Waals surface area contributed by atoms with Crippen LogP contribution in [0.1, 0.15) is 30.3 Å². The van der Waals surface area contributed by atoms with Crippen LogP contribution in [0.25, 0.3) is 5.65 Å². The third-order valence-electron chi connectivity index (χ3n) is 4.80. The van der Waals surface area contributed by atoms with Gasteiger partial charge in [0.05, 0.1) is 17.3 Å². The molecule has 7 heteroatoms. The van der Waals surface area contributed by atoms with Crippen molar-refractivity contribution in [2.45, 2.75) is 25.8 Å². The lowest BCUT2D eigenvalue weighted by molar-refractivity contribution is -0.151. The van der Waals surface area contributed by atoms with Gasteiger partial charge in [-0.15, -0.1) is 0 Å². The van der Waals surface area contributed by atoms with Crippen molar-refractivity contribution in [3.63, 3.8) is 0 Å². The Kier molecular flexibility index (Phi) is 3.37. The summed E-state index contributed by atoms with van der Waals surface area (Å²) < 4.78 is 1.86. The standard InChI is InChI=1S/C17H18N4O3/c1-10-14(20-6-3-2-4-13(20)19-10)15-16(23)18-5-7-21(15)17(24)11-8-12(22)9-11/h2-4,6,11,15H,5,7-9H2,1H3,(H,18,23). The number of piperazine rings is 1. The van der Waals surface area contributed by atoms with Crippen molar-refractivity contribution in [2.24, 2.45) is 5.92 Å². The summed E-state index contributed by atoms with van der Waals surface area (Å²) in [6.07, 6.45) is 2.42. The molecule has 124 valence electrons. The van der Waals surface area contributed by atoms with Gasteiger partial charge in [-0.25, -0.2) is 4.98 Å². The van der Waals surface area contributed by atoms with E-state index in [1.807, 2.05) is 35.7 Å². The number of nitrogens with one attached hydrogen (secondary N) is 1. The molecule has 0 aromatic carbocycles. The van der Waals surface area contributed by atoms with E-state index in [1.54, 1.807) is 4.90 Å². The number of imidazole rings is 1. The van der Waals surface area contributed by atoms with Crippen molar-refractivity contribution in [1.82, 2.24) is 19.6 Å². The molecule has 2 aromatic heterocycles. The fourth-order valence-electron chi connectivity index (χ4n) is 3.54. The molecule has 1 aliphatic carbocycles. The third kappa shape index (κ3) is 2.19. The molecule has 4 rings (SSSR count). The van der Waals surface area contributed by atoms with Gasteiger partial charge in [0.1, 0.15) is 11.4 Å². The maximum absolute atomic E-state index is 12.8. The minimum Gasteiger partial charge on any atom is -0.352 e. The highest BCUT2D eigenvalue weighted by Crippen LogP contribution is 2.32. The molecule has 2 aliphatic rings. The van der Waals surface area contributed by atoms with Crippen molar-refractivity contribution in [2.75, 3.05) is 13.1 Å². The van der Waals surface area contributed by atoms with Crippen molar-refractivity contribution in [3.05, 3.63) is 35.8 Å². The number of carbonyl (C=O) groups excluding carboxylic acids is 3. The van der Waals surface area contributed by atoms with Gasteiger partial charge in [-0.2, -0.15) is 0 Å². The zero-order valence-electron chi connectivity index (χ0n) is 13.4. The van der Waals surface area contributed by atoms with E-state index in [9.17, 15) is 14.4 Å². The molecule has 0 radical (unpaired) electrons. The highest BCUT2D eigenvalue weighted by Gasteiger charge is 2.43. The molecule has 2 amide bonds. The zero-order chi connectivity index (χ0) is 16.8. The molecule has 7 nitrogen and oxygen atoms in total. The van der Waals surface area contributed by atoms with Gasteiger partial charge in [-0.05, 0) is 19.1 Å². The molecule has 2 aromatic rings. The van der Waals surface area contributed by atoms with Gasteiger partial charge < -0.3 is 14.6 Å². The van der Waals surface area contributed by atoms with E-state index < -0.39 is 6.04 Å². The monoisotopic (exact) mass is 326 g/mol. The van der Waals surface area contributed by atoms with Crippen LogP contribution in [0.3, 0.4) is 0 Å². The number of hydrogen-bond acceptors (Lipinski definition) is 4. The van der Waals surface area contributed by atoms with E-state index in [2.05, 4.69) is 10.3 Å². The number of hydrogen-bond donors (Lipinski definition) is 1. The van der Waals surface area contributed by atoms with Crippen LogP contribution >= 0.6 is 0 Å². The van der Waals surface area contributed by atoms with Gasteiger partial charge in [0.25, 0.3) is 0 Å². The smallest absolute Gasteiger partial charge is 0.249 e. The number of nitrogens with zero attached hydrogens (tertiary/aromatic N) is 3. The number of aromatic nitrogens is 2. The summed E-state index contributed by atoms with van der Waals surface area (Å²) in [5, 5.41) is 2.84. The Morgan fingerprint density at radius 3 is 2.83 bits per heavy atom. The largest absolute Gasteiger partial charge is 0.352 e. The van der Waals surface area contributed by atoms with Gasteiger partial charge in [0, 0.05) is 32.1 Å². The summed E-state index contributed by atoms with van der Waals surface area (Å²) in [5.41, 5.74) is 2.18. The number of carbonyl (C=O) groups is 3. The molecule has 1 saturated carbocycles. The fourth-order valence-corrected chi connectivity index (χ4v) is 3.54. The van der Waals surface area contributed by atoms with Crippen LogP contribution in [0.2, 0.25) is 0 Å². The Hall–Kier alpha value is -2.70. The van der Waals surface area contributed by atoms with E-state index in [-0.39, 0.29) is 36.4 Å². The summed E-state index contributed by atoms with van der Waals surface area (Å²) in [6, 6.07) is 4.91. The van der Waals surface area contributed by atoms with Crippen LogP contribution in [-0.4, -0.2) is 45.0 Å².